The molecule has 0 aliphatic rings. The Morgan fingerprint density at radius 2 is 1.86 bits per heavy atom. The van der Waals surface area contributed by atoms with Crippen molar-refractivity contribution in [1.82, 2.24) is 20.3 Å². The smallest absolute Gasteiger partial charge is 0.270 e. The molecule has 2 aromatic heterocycles. The number of aromatic nitrogens is 3. The number of rotatable bonds is 9. The first-order valence-electron chi connectivity index (χ1n) is 9.10. The van der Waals surface area contributed by atoms with Crippen LogP contribution in [0, 0.1) is 0 Å². The van der Waals surface area contributed by atoms with Crippen molar-refractivity contribution in [1.29, 1.82) is 0 Å². The van der Waals surface area contributed by atoms with E-state index < -0.39 is 0 Å². The maximum Gasteiger partial charge on any atom is 0.270 e. The Balaban J connectivity index is 1.78. The van der Waals surface area contributed by atoms with Gasteiger partial charge in [-0.05, 0) is 24.1 Å². The molecule has 0 unspecified atom stereocenters. The molecule has 0 aliphatic heterocycles. The van der Waals surface area contributed by atoms with E-state index in [-0.39, 0.29) is 5.91 Å². The molecule has 0 radical (unpaired) electrons. The molecule has 7 heteroatoms. The third kappa shape index (κ3) is 5.59. The molecule has 144 valence electrons. The average molecular weight is 377 g/mol. The summed E-state index contributed by atoms with van der Waals surface area (Å²) in [5, 5.41) is 6.13. The molecular weight excluding hydrogens is 354 g/mol. The van der Waals surface area contributed by atoms with E-state index in [0.29, 0.717) is 37.0 Å². The van der Waals surface area contributed by atoms with Crippen molar-refractivity contribution in [3.63, 3.8) is 0 Å². The van der Waals surface area contributed by atoms with Gasteiger partial charge in [0.2, 0.25) is 0 Å². The third-order valence-electron chi connectivity index (χ3n) is 4.02. The molecule has 0 bridgehead atoms. The fourth-order valence-electron chi connectivity index (χ4n) is 2.58. The van der Waals surface area contributed by atoms with Crippen LogP contribution < -0.4 is 10.6 Å². The van der Waals surface area contributed by atoms with Crippen LogP contribution in [0.4, 0.5) is 5.82 Å². The van der Waals surface area contributed by atoms with Crippen LogP contribution in [-0.2, 0) is 11.3 Å². The second-order valence-electron chi connectivity index (χ2n) is 6.14. The molecule has 0 aliphatic carbocycles. The average Bonchev–Trinajstić information content (AvgIpc) is 2.76. The highest BCUT2D eigenvalue weighted by Gasteiger charge is 2.13. The zero-order valence-electron chi connectivity index (χ0n) is 15.8. The summed E-state index contributed by atoms with van der Waals surface area (Å²) in [7, 11) is 1.67. The number of nitrogens with one attached hydrogen (secondary N) is 2. The van der Waals surface area contributed by atoms with Crippen LogP contribution in [-0.4, -0.2) is 41.1 Å². The second kappa shape index (κ2) is 10.1. The largest absolute Gasteiger partial charge is 0.385 e. The normalized spacial score (nSPS) is 10.5. The number of methoxy groups -OCH3 is 1. The van der Waals surface area contributed by atoms with Crippen LogP contribution in [0.5, 0.6) is 0 Å². The van der Waals surface area contributed by atoms with Crippen molar-refractivity contribution in [2.24, 2.45) is 0 Å². The van der Waals surface area contributed by atoms with E-state index in [0.717, 1.165) is 17.5 Å². The summed E-state index contributed by atoms with van der Waals surface area (Å²) < 4.78 is 5.07. The van der Waals surface area contributed by atoms with E-state index in [2.05, 4.69) is 25.6 Å². The van der Waals surface area contributed by atoms with Crippen molar-refractivity contribution in [3.05, 3.63) is 72.2 Å². The van der Waals surface area contributed by atoms with Gasteiger partial charge in [-0.2, -0.15) is 0 Å². The summed E-state index contributed by atoms with van der Waals surface area (Å²) in [5.41, 5.74) is 2.14. The van der Waals surface area contributed by atoms with Gasteiger partial charge in [0.15, 0.2) is 5.82 Å². The van der Waals surface area contributed by atoms with E-state index in [1.807, 2.05) is 42.5 Å². The first-order chi connectivity index (χ1) is 13.8. The van der Waals surface area contributed by atoms with Gasteiger partial charge in [-0.1, -0.05) is 30.3 Å². The van der Waals surface area contributed by atoms with Crippen LogP contribution >= 0.6 is 0 Å². The number of hydrogen-bond donors (Lipinski definition) is 2. The second-order valence-corrected chi connectivity index (χ2v) is 6.14. The van der Waals surface area contributed by atoms with E-state index in [9.17, 15) is 4.79 Å². The number of benzene rings is 1. The molecule has 2 heterocycles. The Kier molecular flexibility index (Phi) is 7.03. The molecule has 3 rings (SSSR count). The van der Waals surface area contributed by atoms with Crippen LogP contribution in [0.2, 0.25) is 0 Å². The van der Waals surface area contributed by atoms with Crippen LogP contribution in [0.25, 0.3) is 11.4 Å². The zero-order valence-corrected chi connectivity index (χ0v) is 15.8. The maximum atomic E-state index is 12.7. The van der Waals surface area contributed by atoms with Crippen molar-refractivity contribution >= 4 is 11.7 Å². The van der Waals surface area contributed by atoms with Gasteiger partial charge in [0.05, 0.1) is 0 Å². The lowest BCUT2D eigenvalue weighted by molar-refractivity contribution is 0.0946. The molecular formula is C21H23N5O2. The van der Waals surface area contributed by atoms with Crippen molar-refractivity contribution < 1.29 is 9.53 Å². The molecule has 28 heavy (non-hydrogen) atoms. The molecule has 3 aromatic rings. The highest BCUT2D eigenvalue weighted by molar-refractivity contribution is 5.93. The molecule has 1 amide bonds. The topological polar surface area (TPSA) is 89.0 Å². The van der Waals surface area contributed by atoms with E-state index in [1.165, 1.54) is 0 Å². The third-order valence-corrected chi connectivity index (χ3v) is 4.02. The SMILES string of the molecule is COCCCNc1cc(C(=O)NCc2ccncc2)nc(-c2ccccc2)n1. The highest BCUT2D eigenvalue weighted by atomic mass is 16.5. The minimum atomic E-state index is -0.253. The fourth-order valence-corrected chi connectivity index (χ4v) is 2.58. The quantitative estimate of drug-likeness (QED) is 0.558. The van der Waals surface area contributed by atoms with Gasteiger partial charge in [-0.3, -0.25) is 9.78 Å². The standard InChI is InChI=1S/C21H23N5O2/c1-28-13-5-10-23-19-14-18(21(27)24-15-16-8-11-22-12-9-16)25-20(26-19)17-6-3-2-4-7-17/h2-4,6-9,11-12,14H,5,10,13,15H2,1H3,(H,24,27)(H,23,25,26). The number of pyridine rings is 1. The fraction of sp³-hybridized carbons (Fsp3) is 0.238. The predicted molar refractivity (Wildman–Crippen MR) is 108 cm³/mol. The summed E-state index contributed by atoms with van der Waals surface area (Å²) in [5.74, 6) is 0.863. The number of carbonyl (C=O) groups is 1. The Hall–Kier alpha value is -3.32. The van der Waals surface area contributed by atoms with Crippen LogP contribution in [0.1, 0.15) is 22.5 Å². The van der Waals surface area contributed by atoms with Crippen LogP contribution in [0.15, 0.2) is 60.9 Å². The lowest BCUT2D eigenvalue weighted by atomic mass is 10.2. The Morgan fingerprint density at radius 1 is 1.07 bits per heavy atom. The minimum Gasteiger partial charge on any atom is -0.385 e. The molecule has 0 saturated heterocycles. The van der Waals surface area contributed by atoms with Gasteiger partial charge in [0, 0.05) is 50.8 Å². The van der Waals surface area contributed by atoms with Crippen LogP contribution in [0.3, 0.4) is 0 Å². The van der Waals surface area contributed by atoms with Gasteiger partial charge < -0.3 is 15.4 Å². The Morgan fingerprint density at radius 3 is 2.61 bits per heavy atom. The highest BCUT2D eigenvalue weighted by Crippen LogP contribution is 2.18. The summed E-state index contributed by atoms with van der Waals surface area (Å²) in [6, 6.07) is 15.0. The molecule has 0 atom stereocenters. The minimum absolute atomic E-state index is 0.253. The number of nitrogens with zero attached hydrogens (tertiary/aromatic N) is 3. The molecule has 0 saturated carbocycles. The number of carbonyl (C=O) groups excluding carboxylic acids is 1. The van der Waals surface area contributed by atoms with Gasteiger partial charge in [-0.25, -0.2) is 9.97 Å². The first kappa shape index (κ1) is 19.4. The molecule has 2 N–H and O–H groups in total. The maximum absolute atomic E-state index is 12.7. The van der Waals surface area contributed by atoms with E-state index in [1.54, 1.807) is 25.6 Å². The Labute approximate surface area is 164 Å². The lowest BCUT2D eigenvalue weighted by Gasteiger charge is -2.11. The van der Waals surface area contributed by atoms with Gasteiger partial charge >= 0.3 is 0 Å². The predicted octanol–water partition coefficient (Wildman–Crippen LogP) is 2.92. The van der Waals surface area contributed by atoms with Gasteiger partial charge in [0.1, 0.15) is 11.5 Å². The molecule has 1 aromatic carbocycles. The number of anilines is 1. The summed E-state index contributed by atoms with van der Waals surface area (Å²) in [6.07, 6.45) is 4.23. The van der Waals surface area contributed by atoms with Gasteiger partial charge in [-0.15, -0.1) is 0 Å². The summed E-state index contributed by atoms with van der Waals surface area (Å²) in [4.78, 5) is 25.7. The molecule has 0 spiro atoms. The van der Waals surface area contributed by atoms with Gasteiger partial charge in [0.25, 0.3) is 5.91 Å². The Bertz CT molecular complexity index is 888. The van der Waals surface area contributed by atoms with E-state index in [4.69, 9.17) is 4.74 Å². The van der Waals surface area contributed by atoms with Crippen molar-refractivity contribution in [2.45, 2.75) is 13.0 Å². The monoisotopic (exact) mass is 377 g/mol. The number of hydrogen-bond acceptors (Lipinski definition) is 6. The molecule has 0 fully saturated rings. The summed E-state index contributed by atoms with van der Waals surface area (Å²) >= 11 is 0. The van der Waals surface area contributed by atoms with Crippen molar-refractivity contribution in [2.75, 3.05) is 25.6 Å². The molecule has 7 nitrogen and oxygen atoms in total. The lowest BCUT2D eigenvalue weighted by Crippen LogP contribution is -2.24. The first-order valence-corrected chi connectivity index (χ1v) is 9.10. The number of ether oxygens (including phenoxy) is 1. The zero-order chi connectivity index (χ0) is 19.6. The van der Waals surface area contributed by atoms with Crippen molar-refractivity contribution in [3.8, 4) is 11.4 Å². The number of amides is 1. The summed E-state index contributed by atoms with van der Waals surface area (Å²) in [6.45, 7) is 1.75. The van der Waals surface area contributed by atoms with E-state index >= 15 is 0 Å².